The highest BCUT2D eigenvalue weighted by atomic mass is 16.5. The molecule has 0 saturated carbocycles. The lowest BCUT2D eigenvalue weighted by Gasteiger charge is -2.25. The van der Waals surface area contributed by atoms with Crippen LogP contribution in [0.3, 0.4) is 0 Å². The van der Waals surface area contributed by atoms with Gasteiger partial charge in [0.1, 0.15) is 6.29 Å². The van der Waals surface area contributed by atoms with E-state index in [4.69, 9.17) is 0 Å². The summed E-state index contributed by atoms with van der Waals surface area (Å²) >= 11 is 0. The third kappa shape index (κ3) is 3.60. The average Bonchev–Trinajstić information content (AvgIpc) is 2.28. The van der Waals surface area contributed by atoms with Crippen LogP contribution in [0, 0.1) is 0 Å². The lowest BCUT2D eigenvalue weighted by Crippen LogP contribution is -2.34. The second kappa shape index (κ2) is 5.23. The van der Waals surface area contributed by atoms with Gasteiger partial charge in [0, 0.05) is 13.0 Å². The van der Waals surface area contributed by atoms with Crippen LogP contribution in [-0.2, 0) is 9.59 Å². The number of carbonyl (C=O) groups is 2. The number of hydrogen-bond donors (Lipinski definition) is 2. The summed E-state index contributed by atoms with van der Waals surface area (Å²) in [6.07, 6.45) is 3.25. The van der Waals surface area contributed by atoms with Crippen LogP contribution in [0.1, 0.15) is 38.5 Å². The quantitative estimate of drug-likeness (QED) is 0.406. The maximum absolute atomic E-state index is 11.3. The Morgan fingerprint density at radius 1 is 1.53 bits per heavy atom. The molecule has 1 aliphatic heterocycles. The van der Waals surface area contributed by atoms with Crippen molar-refractivity contribution in [1.29, 1.82) is 0 Å². The van der Waals surface area contributed by atoms with Crippen molar-refractivity contribution in [2.75, 3.05) is 6.54 Å². The van der Waals surface area contributed by atoms with Crippen LogP contribution in [0.2, 0.25) is 0 Å². The zero-order chi connectivity index (χ0) is 11.3. The highest BCUT2D eigenvalue weighted by molar-refractivity contribution is 5.76. The fourth-order valence-electron chi connectivity index (χ4n) is 1.87. The molecular weight excluding hydrogens is 198 g/mol. The van der Waals surface area contributed by atoms with Crippen molar-refractivity contribution in [2.24, 2.45) is 0 Å². The molecule has 86 valence electrons. The third-order valence-electron chi connectivity index (χ3n) is 2.74. The van der Waals surface area contributed by atoms with E-state index in [9.17, 15) is 19.9 Å². The number of hydrogen-bond acceptors (Lipinski definition) is 4. The molecule has 1 atom stereocenters. The second-order valence-corrected chi connectivity index (χ2v) is 4.08. The second-order valence-electron chi connectivity index (χ2n) is 4.08. The molecule has 1 saturated heterocycles. The van der Waals surface area contributed by atoms with Crippen LogP contribution in [0.5, 0.6) is 0 Å². The van der Waals surface area contributed by atoms with Crippen molar-refractivity contribution in [3.8, 4) is 0 Å². The van der Waals surface area contributed by atoms with Gasteiger partial charge in [-0.3, -0.25) is 10.0 Å². The lowest BCUT2D eigenvalue weighted by atomic mass is 9.89. The molecule has 0 aromatic heterocycles. The van der Waals surface area contributed by atoms with Gasteiger partial charge in [0.15, 0.2) is 0 Å². The molecule has 1 heterocycles. The van der Waals surface area contributed by atoms with Gasteiger partial charge in [-0.2, -0.15) is 0 Å². The predicted molar refractivity (Wildman–Crippen MR) is 52.2 cm³/mol. The van der Waals surface area contributed by atoms with Crippen LogP contribution in [0.15, 0.2) is 0 Å². The molecule has 5 nitrogen and oxygen atoms in total. The highest BCUT2D eigenvalue weighted by Crippen LogP contribution is 2.27. The molecule has 0 aromatic carbocycles. The minimum atomic E-state index is -1.04. The van der Waals surface area contributed by atoms with Gasteiger partial charge in [-0.15, -0.1) is 0 Å². The molecule has 1 rings (SSSR count). The number of unbranched alkanes of at least 4 members (excludes halogenated alkanes) is 1. The Morgan fingerprint density at radius 3 is 2.93 bits per heavy atom. The number of carbonyl (C=O) groups excluding carboxylic acids is 2. The van der Waals surface area contributed by atoms with Gasteiger partial charge in [-0.1, -0.05) is 0 Å². The van der Waals surface area contributed by atoms with Gasteiger partial charge < -0.3 is 9.90 Å². The number of aliphatic hydroxyl groups is 1. The van der Waals surface area contributed by atoms with Crippen molar-refractivity contribution >= 4 is 12.2 Å². The first-order valence-corrected chi connectivity index (χ1v) is 5.23. The molecule has 0 aromatic rings. The monoisotopic (exact) mass is 215 g/mol. The molecular formula is C10H17NO4. The maximum Gasteiger partial charge on any atom is 0.248 e. The van der Waals surface area contributed by atoms with E-state index in [0.29, 0.717) is 37.2 Å². The van der Waals surface area contributed by atoms with Crippen LogP contribution in [0.4, 0.5) is 0 Å². The fourth-order valence-corrected chi connectivity index (χ4v) is 1.87. The van der Waals surface area contributed by atoms with Gasteiger partial charge in [0.05, 0.1) is 12.0 Å². The number of aldehydes is 1. The minimum Gasteiger partial charge on any atom is -0.389 e. The molecule has 0 radical (unpaired) electrons. The van der Waals surface area contributed by atoms with Gasteiger partial charge >= 0.3 is 0 Å². The molecule has 0 aliphatic carbocycles. The van der Waals surface area contributed by atoms with Crippen LogP contribution >= 0.6 is 0 Å². The molecule has 0 bridgehead atoms. The van der Waals surface area contributed by atoms with E-state index in [1.165, 1.54) is 0 Å². The SMILES string of the molecule is O=CCCCC1(O)CCCN(O)C(=O)C1. The first-order chi connectivity index (χ1) is 7.07. The predicted octanol–water partition coefficient (Wildman–Crippen LogP) is 0.488. The van der Waals surface area contributed by atoms with E-state index in [2.05, 4.69) is 0 Å². The summed E-state index contributed by atoms with van der Waals surface area (Å²) in [6.45, 7) is 0.273. The summed E-state index contributed by atoms with van der Waals surface area (Å²) in [5.74, 6) is -0.443. The maximum atomic E-state index is 11.3. The van der Waals surface area contributed by atoms with Crippen LogP contribution in [-0.4, -0.2) is 39.7 Å². The van der Waals surface area contributed by atoms with Crippen molar-refractivity contribution in [2.45, 2.75) is 44.1 Å². The normalized spacial score (nSPS) is 27.6. The summed E-state index contributed by atoms with van der Waals surface area (Å²) in [4.78, 5) is 21.4. The first kappa shape index (κ1) is 12.1. The summed E-state index contributed by atoms with van der Waals surface area (Å²) in [5.41, 5.74) is -1.04. The summed E-state index contributed by atoms with van der Waals surface area (Å²) in [5, 5.41) is 19.9. The number of amides is 1. The van der Waals surface area contributed by atoms with Gasteiger partial charge in [0.25, 0.3) is 0 Å². The number of rotatable bonds is 4. The lowest BCUT2D eigenvalue weighted by molar-refractivity contribution is -0.166. The topological polar surface area (TPSA) is 77.8 Å². The van der Waals surface area contributed by atoms with E-state index < -0.39 is 11.5 Å². The van der Waals surface area contributed by atoms with E-state index in [1.807, 2.05) is 0 Å². The van der Waals surface area contributed by atoms with Gasteiger partial charge in [0.2, 0.25) is 5.91 Å². The Morgan fingerprint density at radius 2 is 2.27 bits per heavy atom. The zero-order valence-electron chi connectivity index (χ0n) is 8.69. The number of nitrogens with zero attached hydrogens (tertiary/aromatic N) is 1. The van der Waals surface area contributed by atoms with Crippen molar-refractivity contribution in [3.05, 3.63) is 0 Å². The van der Waals surface area contributed by atoms with Gasteiger partial charge in [-0.05, 0) is 25.7 Å². The van der Waals surface area contributed by atoms with Gasteiger partial charge in [-0.25, -0.2) is 5.06 Å². The first-order valence-electron chi connectivity index (χ1n) is 5.23. The zero-order valence-corrected chi connectivity index (χ0v) is 8.69. The van der Waals surface area contributed by atoms with Crippen molar-refractivity contribution in [1.82, 2.24) is 5.06 Å². The Balaban J connectivity index is 2.50. The summed E-state index contributed by atoms with van der Waals surface area (Å²) < 4.78 is 0. The molecule has 0 spiro atoms. The number of hydroxylamine groups is 2. The smallest absolute Gasteiger partial charge is 0.248 e. The molecule has 5 heteroatoms. The standard InChI is InChI=1S/C10H17NO4/c12-7-2-1-4-10(14)5-3-6-11(15)9(13)8-10/h7,14-15H,1-6,8H2. The van der Waals surface area contributed by atoms with Crippen molar-refractivity contribution in [3.63, 3.8) is 0 Å². The van der Waals surface area contributed by atoms with Crippen molar-refractivity contribution < 1.29 is 19.9 Å². The Kier molecular flexibility index (Phi) is 4.23. The minimum absolute atomic E-state index is 0.0532. The summed E-state index contributed by atoms with van der Waals surface area (Å²) in [6, 6.07) is 0. The van der Waals surface area contributed by atoms with Crippen LogP contribution < -0.4 is 0 Å². The highest BCUT2D eigenvalue weighted by Gasteiger charge is 2.33. The Labute approximate surface area is 88.6 Å². The largest absolute Gasteiger partial charge is 0.389 e. The van der Waals surface area contributed by atoms with Crippen LogP contribution in [0.25, 0.3) is 0 Å². The fraction of sp³-hybridized carbons (Fsp3) is 0.800. The average molecular weight is 215 g/mol. The van der Waals surface area contributed by atoms with E-state index in [-0.39, 0.29) is 13.0 Å². The molecule has 1 aliphatic rings. The molecule has 1 amide bonds. The Hall–Kier alpha value is -0.940. The van der Waals surface area contributed by atoms with E-state index in [0.717, 1.165) is 6.29 Å². The third-order valence-corrected chi connectivity index (χ3v) is 2.74. The van der Waals surface area contributed by atoms with E-state index in [1.54, 1.807) is 0 Å². The molecule has 1 fully saturated rings. The Bertz CT molecular complexity index is 244. The molecule has 15 heavy (non-hydrogen) atoms. The summed E-state index contributed by atoms with van der Waals surface area (Å²) in [7, 11) is 0. The molecule has 2 N–H and O–H groups in total. The van der Waals surface area contributed by atoms with E-state index >= 15 is 0 Å². The molecule has 1 unspecified atom stereocenters.